The summed E-state index contributed by atoms with van der Waals surface area (Å²) in [5.41, 5.74) is 8.33. The molecule has 21 heavy (non-hydrogen) atoms. The zero-order valence-corrected chi connectivity index (χ0v) is 14.1. The summed E-state index contributed by atoms with van der Waals surface area (Å²) in [4.78, 5) is 0. The van der Waals surface area contributed by atoms with Gasteiger partial charge >= 0.3 is 0 Å². The van der Waals surface area contributed by atoms with Crippen LogP contribution in [-0.2, 0) is 0 Å². The van der Waals surface area contributed by atoms with Gasteiger partial charge in [-0.05, 0) is 43.7 Å². The third kappa shape index (κ3) is 3.99. The summed E-state index contributed by atoms with van der Waals surface area (Å²) in [7, 11) is 1.65. The normalized spacial score (nSPS) is 12.3. The number of rotatable bonds is 5. The molecule has 0 fully saturated rings. The molecule has 1 unspecified atom stereocenters. The van der Waals surface area contributed by atoms with Crippen LogP contribution < -0.4 is 15.2 Å². The highest BCUT2D eigenvalue weighted by Crippen LogP contribution is 2.32. The predicted molar refractivity (Wildman–Crippen MR) is 88.9 cm³/mol. The number of halogens is 1. The van der Waals surface area contributed by atoms with E-state index in [1.165, 1.54) is 0 Å². The van der Waals surface area contributed by atoms with Crippen molar-refractivity contribution >= 4 is 15.9 Å². The Hall–Kier alpha value is -1.52. The molecular weight excluding hydrogens is 330 g/mol. The van der Waals surface area contributed by atoms with E-state index in [0.717, 1.165) is 27.1 Å². The van der Waals surface area contributed by atoms with Crippen LogP contribution in [0.2, 0.25) is 0 Å². The summed E-state index contributed by atoms with van der Waals surface area (Å²) < 4.78 is 12.1. The fourth-order valence-electron chi connectivity index (χ4n) is 2.17. The molecule has 112 valence electrons. The standard InChI is InChI=1S/C17H20BrNO2/c1-11(2)21-14-6-4-5-12(9-14)17(19)15-8-7-13(18)10-16(15)20-3/h4-11,17H,19H2,1-3H3. The van der Waals surface area contributed by atoms with Crippen LogP contribution >= 0.6 is 15.9 Å². The molecule has 0 heterocycles. The van der Waals surface area contributed by atoms with Crippen molar-refractivity contribution in [1.29, 1.82) is 0 Å². The summed E-state index contributed by atoms with van der Waals surface area (Å²) >= 11 is 3.44. The lowest BCUT2D eigenvalue weighted by Crippen LogP contribution is -2.13. The van der Waals surface area contributed by atoms with Crippen LogP contribution in [0.3, 0.4) is 0 Å². The predicted octanol–water partition coefficient (Wildman–Crippen LogP) is 4.29. The number of ether oxygens (including phenoxy) is 2. The van der Waals surface area contributed by atoms with Gasteiger partial charge in [0.1, 0.15) is 11.5 Å². The van der Waals surface area contributed by atoms with Crippen LogP contribution in [0.1, 0.15) is 31.0 Å². The Balaban J connectivity index is 2.33. The molecule has 0 aliphatic carbocycles. The maximum atomic E-state index is 6.39. The van der Waals surface area contributed by atoms with E-state index in [-0.39, 0.29) is 12.1 Å². The molecule has 0 aliphatic rings. The molecule has 0 saturated heterocycles. The minimum Gasteiger partial charge on any atom is -0.496 e. The Bertz CT molecular complexity index is 613. The van der Waals surface area contributed by atoms with Crippen molar-refractivity contribution in [3.63, 3.8) is 0 Å². The van der Waals surface area contributed by atoms with Gasteiger partial charge in [0.05, 0.1) is 19.3 Å². The Labute approximate surface area is 134 Å². The summed E-state index contributed by atoms with van der Waals surface area (Å²) in [6.45, 7) is 4.01. The molecule has 2 aromatic rings. The van der Waals surface area contributed by atoms with Gasteiger partial charge in [-0.2, -0.15) is 0 Å². The van der Waals surface area contributed by atoms with Crippen molar-refractivity contribution in [3.05, 3.63) is 58.1 Å². The van der Waals surface area contributed by atoms with E-state index < -0.39 is 0 Å². The smallest absolute Gasteiger partial charge is 0.125 e. The van der Waals surface area contributed by atoms with Crippen molar-refractivity contribution < 1.29 is 9.47 Å². The second-order valence-corrected chi connectivity index (χ2v) is 6.02. The third-order valence-corrected chi connectivity index (χ3v) is 3.61. The van der Waals surface area contributed by atoms with E-state index in [4.69, 9.17) is 15.2 Å². The average Bonchev–Trinajstić information content (AvgIpc) is 2.46. The van der Waals surface area contributed by atoms with Crippen LogP contribution in [-0.4, -0.2) is 13.2 Å². The SMILES string of the molecule is COc1cc(Br)ccc1C(N)c1cccc(OC(C)C)c1. The first-order valence-corrected chi connectivity index (χ1v) is 7.66. The maximum Gasteiger partial charge on any atom is 0.125 e. The maximum absolute atomic E-state index is 6.39. The molecule has 0 bridgehead atoms. The van der Waals surface area contributed by atoms with E-state index in [1.54, 1.807) is 7.11 Å². The molecule has 0 radical (unpaired) electrons. The Morgan fingerprint density at radius 1 is 1.10 bits per heavy atom. The fourth-order valence-corrected chi connectivity index (χ4v) is 2.52. The summed E-state index contributed by atoms with van der Waals surface area (Å²) in [6.07, 6.45) is 0.138. The van der Waals surface area contributed by atoms with E-state index in [9.17, 15) is 0 Å². The molecule has 2 N–H and O–H groups in total. The van der Waals surface area contributed by atoms with Crippen molar-refractivity contribution in [3.8, 4) is 11.5 Å². The number of hydrogen-bond acceptors (Lipinski definition) is 3. The molecular formula is C17H20BrNO2. The number of methoxy groups -OCH3 is 1. The first-order valence-electron chi connectivity index (χ1n) is 6.87. The van der Waals surface area contributed by atoms with Crippen molar-refractivity contribution in [2.75, 3.05) is 7.11 Å². The van der Waals surface area contributed by atoms with Crippen LogP contribution in [0, 0.1) is 0 Å². The number of nitrogens with two attached hydrogens (primary N) is 1. The first kappa shape index (κ1) is 15.9. The lowest BCUT2D eigenvalue weighted by Gasteiger charge is -2.18. The van der Waals surface area contributed by atoms with Crippen LogP contribution in [0.15, 0.2) is 46.9 Å². The van der Waals surface area contributed by atoms with Gasteiger partial charge in [0, 0.05) is 10.0 Å². The number of hydrogen-bond donors (Lipinski definition) is 1. The summed E-state index contributed by atoms with van der Waals surface area (Å²) in [5.74, 6) is 1.60. The molecule has 0 aromatic heterocycles. The minimum atomic E-state index is -0.260. The molecule has 3 nitrogen and oxygen atoms in total. The Kier molecular flexibility index (Phi) is 5.26. The molecule has 1 atom stereocenters. The quantitative estimate of drug-likeness (QED) is 0.875. The van der Waals surface area contributed by atoms with Crippen LogP contribution in [0.25, 0.3) is 0 Å². The summed E-state index contributed by atoms with van der Waals surface area (Å²) in [5, 5.41) is 0. The van der Waals surface area contributed by atoms with Gasteiger partial charge in [-0.15, -0.1) is 0 Å². The van der Waals surface area contributed by atoms with Crippen LogP contribution in [0.4, 0.5) is 0 Å². The Morgan fingerprint density at radius 3 is 2.52 bits per heavy atom. The zero-order chi connectivity index (χ0) is 15.4. The Morgan fingerprint density at radius 2 is 1.86 bits per heavy atom. The molecule has 2 rings (SSSR count). The van der Waals surface area contributed by atoms with E-state index in [0.29, 0.717) is 0 Å². The second kappa shape index (κ2) is 6.96. The molecule has 0 amide bonds. The number of benzene rings is 2. The molecule has 0 saturated carbocycles. The average molecular weight is 350 g/mol. The van der Waals surface area contributed by atoms with E-state index in [2.05, 4.69) is 15.9 Å². The fraction of sp³-hybridized carbons (Fsp3) is 0.294. The van der Waals surface area contributed by atoms with Gasteiger partial charge in [-0.1, -0.05) is 34.1 Å². The van der Waals surface area contributed by atoms with Gasteiger partial charge in [-0.3, -0.25) is 0 Å². The van der Waals surface area contributed by atoms with Crippen molar-refractivity contribution in [2.24, 2.45) is 5.73 Å². The molecule has 0 aliphatic heterocycles. The lowest BCUT2D eigenvalue weighted by atomic mass is 9.98. The third-order valence-electron chi connectivity index (χ3n) is 3.12. The first-order chi connectivity index (χ1) is 10.0. The highest BCUT2D eigenvalue weighted by atomic mass is 79.9. The zero-order valence-electron chi connectivity index (χ0n) is 12.5. The van der Waals surface area contributed by atoms with Crippen molar-refractivity contribution in [2.45, 2.75) is 26.0 Å². The van der Waals surface area contributed by atoms with Crippen LogP contribution in [0.5, 0.6) is 11.5 Å². The minimum absolute atomic E-state index is 0.138. The molecule has 0 spiro atoms. The van der Waals surface area contributed by atoms with E-state index in [1.807, 2.05) is 56.3 Å². The lowest BCUT2D eigenvalue weighted by molar-refractivity contribution is 0.242. The van der Waals surface area contributed by atoms with Gasteiger partial charge < -0.3 is 15.2 Å². The second-order valence-electron chi connectivity index (χ2n) is 5.10. The van der Waals surface area contributed by atoms with Gasteiger partial charge in [0.15, 0.2) is 0 Å². The highest BCUT2D eigenvalue weighted by molar-refractivity contribution is 9.10. The molecule has 4 heteroatoms. The van der Waals surface area contributed by atoms with Crippen molar-refractivity contribution in [1.82, 2.24) is 0 Å². The monoisotopic (exact) mass is 349 g/mol. The highest BCUT2D eigenvalue weighted by Gasteiger charge is 2.15. The van der Waals surface area contributed by atoms with E-state index >= 15 is 0 Å². The summed E-state index contributed by atoms with van der Waals surface area (Å²) in [6, 6.07) is 13.5. The molecule has 2 aromatic carbocycles. The topological polar surface area (TPSA) is 44.5 Å². The largest absolute Gasteiger partial charge is 0.496 e. The van der Waals surface area contributed by atoms with Gasteiger partial charge in [0.2, 0.25) is 0 Å². The van der Waals surface area contributed by atoms with Gasteiger partial charge in [0.25, 0.3) is 0 Å². The van der Waals surface area contributed by atoms with Gasteiger partial charge in [-0.25, -0.2) is 0 Å².